The van der Waals surface area contributed by atoms with Crippen molar-refractivity contribution in [1.29, 1.82) is 0 Å². The van der Waals surface area contributed by atoms with E-state index in [9.17, 15) is 4.79 Å². The van der Waals surface area contributed by atoms with Gasteiger partial charge in [0.1, 0.15) is 0 Å². The van der Waals surface area contributed by atoms with Gasteiger partial charge in [-0.25, -0.2) is 0 Å². The highest BCUT2D eigenvalue weighted by Crippen LogP contribution is 2.30. The van der Waals surface area contributed by atoms with E-state index in [1.165, 1.54) is 5.70 Å². The fourth-order valence-electron chi connectivity index (χ4n) is 2.11. The van der Waals surface area contributed by atoms with Gasteiger partial charge in [-0.1, -0.05) is 6.08 Å². The molecule has 0 N–H and O–H groups in total. The van der Waals surface area contributed by atoms with Crippen molar-refractivity contribution in [3.8, 4) is 0 Å². The van der Waals surface area contributed by atoms with Crippen molar-refractivity contribution in [2.75, 3.05) is 6.54 Å². The summed E-state index contributed by atoms with van der Waals surface area (Å²) in [5.41, 5.74) is 2.34. The van der Waals surface area contributed by atoms with Gasteiger partial charge in [-0.05, 0) is 26.2 Å². The molecule has 2 aliphatic rings. The summed E-state index contributed by atoms with van der Waals surface area (Å²) in [6.45, 7) is 3.10. The van der Waals surface area contributed by atoms with Crippen LogP contribution < -0.4 is 0 Å². The molecule has 0 bridgehead atoms. The molecule has 0 aromatic rings. The first kappa shape index (κ1) is 8.54. The number of carbonyl (C=O) groups excluding carboxylic acids is 1. The molecular formula is C11H15NO. The SMILES string of the molecule is CCN1C=CCC2=C1CCCC2=O. The van der Waals surface area contributed by atoms with Crippen molar-refractivity contribution < 1.29 is 4.79 Å². The molecule has 0 atom stereocenters. The highest BCUT2D eigenvalue weighted by molar-refractivity contribution is 5.97. The minimum absolute atomic E-state index is 0.365. The van der Waals surface area contributed by atoms with Crippen LogP contribution in [0.5, 0.6) is 0 Å². The Kier molecular flexibility index (Phi) is 2.21. The summed E-state index contributed by atoms with van der Waals surface area (Å²) in [4.78, 5) is 13.8. The van der Waals surface area contributed by atoms with Crippen molar-refractivity contribution in [2.24, 2.45) is 0 Å². The molecule has 1 aliphatic carbocycles. The number of hydrogen-bond acceptors (Lipinski definition) is 2. The highest BCUT2D eigenvalue weighted by atomic mass is 16.1. The van der Waals surface area contributed by atoms with E-state index in [1.807, 2.05) is 0 Å². The minimum atomic E-state index is 0.365. The van der Waals surface area contributed by atoms with E-state index in [0.717, 1.165) is 37.8 Å². The average molecular weight is 177 g/mol. The lowest BCUT2D eigenvalue weighted by Gasteiger charge is -2.30. The lowest BCUT2D eigenvalue weighted by Crippen LogP contribution is -2.26. The number of rotatable bonds is 1. The molecule has 1 heterocycles. The molecule has 0 unspecified atom stereocenters. The Labute approximate surface area is 78.9 Å². The molecule has 0 amide bonds. The summed E-state index contributed by atoms with van der Waals surface area (Å²) in [5, 5.41) is 0. The van der Waals surface area contributed by atoms with Crippen LogP contribution in [0.1, 0.15) is 32.6 Å². The van der Waals surface area contributed by atoms with Crippen LogP contribution >= 0.6 is 0 Å². The van der Waals surface area contributed by atoms with E-state index >= 15 is 0 Å². The number of hydrogen-bond donors (Lipinski definition) is 0. The molecule has 13 heavy (non-hydrogen) atoms. The lowest BCUT2D eigenvalue weighted by molar-refractivity contribution is -0.116. The molecule has 0 aromatic heterocycles. The third-order valence-corrected chi connectivity index (χ3v) is 2.80. The van der Waals surface area contributed by atoms with Crippen molar-refractivity contribution >= 4 is 5.78 Å². The highest BCUT2D eigenvalue weighted by Gasteiger charge is 2.23. The number of allylic oxidation sites excluding steroid dienone is 3. The van der Waals surface area contributed by atoms with Gasteiger partial charge in [-0.2, -0.15) is 0 Å². The second kappa shape index (κ2) is 3.36. The van der Waals surface area contributed by atoms with Crippen LogP contribution in [-0.4, -0.2) is 17.2 Å². The Bertz CT molecular complexity index is 288. The summed E-state index contributed by atoms with van der Waals surface area (Å²) in [6.07, 6.45) is 7.92. The molecule has 2 nitrogen and oxygen atoms in total. The van der Waals surface area contributed by atoms with Crippen molar-refractivity contribution in [2.45, 2.75) is 32.6 Å². The van der Waals surface area contributed by atoms with Gasteiger partial charge >= 0.3 is 0 Å². The largest absolute Gasteiger partial charge is 0.352 e. The maximum atomic E-state index is 11.6. The molecular weight excluding hydrogens is 162 g/mol. The summed E-state index contributed by atoms with van der Waals surface area (Å²) in [6, 6.07) is 0. The van der Waals surface area contributed by atoms with Crippen molar-refractivity contribution in [3.63, 3.8) is 0 Å². The summed E-state index contributed by atoms with van der Waals surface area (Å²) >= 11 is 0. The first-order valence-corrected chi connectivity index (χ1v) is 5.01. The van der Waals surface area contributed by atoms with Gasteiger partial charge < -0.3 is 4.90 Å². The van der Waals surface area contributed by atoms with Gasteiger partial charge in [0, 0.05) is 30.4 Å². The average Bonchev–Trinajstić information content (AvgIpc) is 2.18. The molecule has 0 fully saturated rings. The molecule has 0 radical (unpaired) electrons. The van der Waals surface area contributed by atoms with Gasteiger partial charge in [0.25, 0.3) is 0 Å². The van der Waals surface area contributed by atoms with E-state index in [-0.39, 0.29) is 0 Å². The van der Waals surface area contributed by atoms with Crippen LogP contribution in [0.25, 0.3) is 0 Å². The monoisotopic (exact) mass is 177 g/mol. The van der Waals surface area contributed by atoms with Crippen LogP contribution in [0, 0.1) is 0 Å². The van der Waals surface area contributed by atoms with Gasteiger partial charge in [0.2, 0.25) is 0 Å². The first-order chi connectivity index (χ1) is 6.33. The van der Waals surface area contributed by atoms with Crippen molar-refractivity contribution in [1.82, 2.24) is 4.90 Å². The summed E-state index contributed by atoms with van der Waals surface area (Å²) in [5.74, 6) is 0.365. The van der Waals surface area contributed by atoms with Gasteiger partial charge in [0.05, 0.1) is 0 Å². The van der Waals surface area contributed by atoms with Crippen LogP contribution in [0.2, 0.25) is 0 Å². The number of Topliss-reactive ketones (excluding diaryl/α,β-unsaturated/α-hetero) is 1. The summed E-state index contributed by atoms with van der Waals surface area (Å²) < 4.78 is 0. The van der Waals surface area contributed by atoms with Crippen LogP contribution in [0.3, 0.4) is 0 Å². The third kappa shape index (κ3) is 1.41. The quantitative estimate of drug-likeness (QED) is 0.612. The fourth-order valence-corrected chi connectivity index (χ4v) is 2.11. The second-order valence-electron chi connectivity index (χ2n) is 3.58. The molecule has 2 heteroatoms. The molecule has 0 aromatic carbocycles. The van der Waals surface area contributed by atoms with E-state index < -0.39 is 0 Å². The Morgan fingerprint density at radius 1 is 1.46 bits per heavy atom. The standard InChI is InChI=1S/C11H15NO/c1-2-12-8-4-5-9-10(12)6-3-7-11(9)13/h4,8H,2-3,5-7H2,1H3. The smallest absolute Gasteiger partial charge is 0.160 e. The maximum absolute atomic E-state index is 11.6. The van der Waals surface area contributed by atoms with Crippen LogP contribution in [0.4, 0.5) is 0 Å². The maximum Gasteiger partial charge on any atom is 0.160 e. The zero-order valence-electron chi connectivity index (χ0n) is 8.05. The van der Waals surface area contributed by atoms with E-state index in [4.69, 9.17) is 0 Å². The molecule has 0 spiro atoms. The predicted octanol–water partition coefficient (Wildman–Crippen LogP) is 2.23. The van der Waals surface area contributed by atoms with Gasteiger partial charge in [-0.3, -0.25) is 4.79 Å². The third-order valence-electron chi connectivity index (χ3n) is 2.80. The Hall–Kier alpha value is -1.05. The van der Waals surface area contributed by atoms with Gasteiger partial charge in [0.15, 0.2) is 5.78 Å². The second-order valence-corrected chi connectivity index (χ2v) is 3.58. The Balaban J connectivity index is 2.32. The lowest BCUT2D eigenvalue weighted by atomic mass is 9.90. The normalized spacial score (nSPS) is 22.2. The number of carbonyl (C=O) groups is 1. The van der Waals surface area contributed by atoms with E-state index in [1.54, 1.807) is 0 Å². The molecule has 70 valence electrons. The number of ketones is 1. The Morgan fingerprint density at radius 3 is 3.08 bits per heavy atom. The molecule has 1 aliphatic heterocycles. The molecule has 2 rings (SSSR count). The molecule has 0 saturated carbocycles. The minimum Gasteiger partial charge on any atom is -0.352 e. The number of nitrogens with zero attached hydrogens (tertiary/aromatic N) is 1. The fraction of sp³-hybridized carbons (Fsp3) is 0.545. The van der Waals surface area contributed by atoms with Crippen LogP contribution in [0.15, 0.2) is 23.5 Å². The predicted molar refractivity (Wildman–Crippen MR) is 52.0 cm³/mol. The van der Waals surface area contributed by atoms with Gasteiger partial charge in [-0.15, -0.1) is 0 Å². The first-order valence-electron chi connectivity index (χ1n) is 5.01. The topological polar surface area (TPSA) is 20.3 Å². The molecule has 0 saturated heterocycles. The van der Waals surface area contributed by atoms with Crippen molar-refractivity contribution in [3.05, 3.63) is 23.5 Å². The van der Waals surface area contributed by atoms with Crippen LogP contribution in [-0.2, 0) is 4.79 Å². The zero-order chi connectivity index (χ0) is 9.26. The van der Waals surface area contributed by atoms with E-state index in [2.05, 4.69) is 24.1 Å². The van der Waals surface area contributed by atoms with E-state index in [0.29, 0.717) is 5.78 Å². The Morgan fingerprint density at radius 2 is 2.31 bits per heavy atom. The zero-order valence-corrected chi connectivity index (χ0v) is 8.05. The summed E-state index contributed by atoms with van der Waals surface area (Å²) in [7, 11) is 0.